The first-order valence-electron chi connectivity index (χ1n) is 11.4. The number of fused-ring (bicyclic) bond motifs is 1. The fraction of sp³-hybridized carbons (Fsp3) is 0.522. The van der Waals surface area contributed by atoms with Crippen LogP contribution in [0.2, 0.25) is 0 Å². The molecule has 32 heavy (non-hydrogen) atoms. The first-order valence-corrected chi connectivity index (χ1v) is 11.4. The number of rotatable bonds is 5. The molecule has 2 unspecified atom stereocenters. The highest BCUT2D eigenvalue weighted by molar-refractivity contribution is 6.62. The molecule has 0 amide bonds. The number of nitriles is 1. The van der Waals surface area contributed by atoms with E-state index in [-0.39, 0.29) is 12.0 Å². The fourth-order valence-electron chi connectivity index (χ4n) is 4.20. The summed E-state index contributed by atoms with van der Waals surface area (Å²) in [5, 5.41) is 26.3. The van der Waals surface area contributed by atoms with Crippen LogP contribution in [0.4, 0.5) is 17.5 Å². The molecule has 1 aromatic carbocycles. The van der Waals surface area contributed by atoms with Gasteiger partial charge in [0, 0.05) is 24.1 Å². The van der Waals surface area contributed by atoms with E-state index >= 15 is 0 Å². The number of hydrogen-bond donors (Lipinski definition) is 3. The van der Waals surface area contributed by atoms with Gasteiger partial charge in [0.05, 0.1) is 31.2 Å². The summed E-state index contributed by atoms with van der Waals surface area (Å²) in [4.78, 5) is 9.08. The molecule has 5 rings (SSSR count). The van der Waals surface area contributed by atoms with E-state index in [1.165, 1.54) is 0 Å². The number of nitrogens with one attached hydrogen (secondary N) is 2. The van der Waals surface area contributed by atoms with E-state index in [0.29, 0.717) is 37.5 Å². The Morgan fingerprint density at radius 3 is 2.81 bits per heavy atom. The number of aryl methyl sites for hydroxylation is 1. The number of anilines is 3. The molecule has 0 spiro atoms. The second kappa shape index (κ2) is 9.86. The number of benzene rings is 1. The van der Waals surface area contributed by atoms with Crippen LogP contribution in [-0.2, 0) is 16.0 Å². The zero-order valence-corrected chi connectivity index (χ0v) is 18.9. The van der Waals surface area contributed by atoms with Crippen molar-refractivity contribution < 1.29 is 14.4 Å². The van der Waals surface area contributed by atoms with E-state index in [4.69, 9.17) is 9.39 Å². The Hall–Kier alpha value is -2.67. The summed E-state index contributed by atoms with van der Waals surface area (Å²) >= 11 is 0. The zero-order chi connectivity index (χ0) is 22.7. The molecule has 3 N–H and O–H groups in total. The molecule has 168 valence electrons. The highest BCUT2D eigenvalue weighted by atomic mass is 16.5. The quantitative estimate of drug-likeness (QED) is 0.615. The summed E-state index contributed by atoms with van der Waals surface area (Å²) in [6, 6.07) is 6.34. The molecular weight excluding hydrogens is 405 g/mol. The summed E-state index contributed by atoms with van der Waals surface area (Å²) in [6.45, 7) is 7.45. The van der Waals surface area contributed by atoms with Gasteiger partial charge >= 0.3 is 7.12 Å². The van der Waals surface area contributed by atoms with Gasteiger partial charge in [-0.25, -0.2) is 4.98 Å². The molecule has 8 nitrogen and oxygen atoms in total. The Bertz CT molecular complexity index is 1010. The minimum atomic E-state index is -0.832. The highest BCUT2D eigenvalue weighted by Gasteiger charge is 2.36. The summed E-state index contributed by atoms with van der Waals surface area (Å²) in [5.41, 5.74) is 4.89. The van der Waals surface area contributed by atoms with E-state index in [1.54, 1.807) is 6.20 Å². The first kappa shape index (κ1) is 22.5. The maximum absolute atomic E-state index is 10.2. The van der Waals surface area contributed by atoms with Gasteiger partial charge in [-0.15, -0.1) is 0 Å². The van der Waals surface area contributed by atoms with E-state index in [1.807, 2.05) is 26.8 Å². The minimum absolute atomic E-state index is 0.0923. The molecule has 9 heteroatoms. The molecular formula is C23H30BN5O3. The number of ether oxygens (including phenoxy) is 1. The second-order valence-electron chi connectivity index (χ2n) is 8.28. The Balaban J connectivity index is 0.00000119. The van der Waals surface area contributed by atoms with Crippen molar-refractivity contribution in [1.82, 2.24) is 9.97 Å². The van der Waals surface area contributed by atoms with E-state index < -0.39 is 7.12 Å². The highest BCUT2D eigenvalue weighted by Crippen LogP contribution is 2.41. The Labute approximate surface area is 189 Å². The molecule has 2 fully saturated rings. The topological polar surface area (TPSA) is 112 Å². The maximum Gasteiger partial charge on any atom is 0.492 e. The van der Waals surface area contributed by atoms with Gasteiger partial charge in [-0.3, -0.25) is 0 Å². The zero-order valence-electron chi connectivity index (χ0n) is 18.9. The van der Waals surface area contributed by atoms with Crippen molar-refractivity contribution in [3.63, 3.8) is 0 Å². The molecule has 3 aliphatic rings. The van der Waals surface area contributed by atoms with Gasteiger partial charge in [-0.2, -0.15) is 10.2 Å². The monoisotopic (exact) mass is 435 g/mol. The van der Waals surface area contributed by atoms with Gasteiger partial charge in [-0.1, -0.05) is 13.8 Å². The first-order chi connectivity index (χ1) is 15.6. The third-order valence-electron chi connectivity index (χ3n) is 6.03. The third-order valence-corrected chi connectivity index (χ3v) is 6.03. The van der Waals surface area contributed by atoms with Crippen LogP contribution in [0.25, 0.3) is 0 Å². The van der Waals surface area contributed by atoms with Crippen LogP contribution in [0.1, 0.15) is 55.7 Å². The molecule has 0 bridgehead atoms. The Morgan fingerprint density at radius 2 is 2.06 bits per heavy atom. The standard InChI is InChI=1S/C21H24BN5O3.C2H6/c1-12-9-24-21(27-20(12)26-18-11-29-5-4-14(18)8-23)25-16-6-15-10-30-22(28)19(15)17(7-16)13-2-3-13;1-2/h6-7,9,13-14,18,28H,2-5,10-11H2,1H3,(H2,24,25,26,27);1-2H3. The molecule has 0 radical (unpaired) electrons. The average molecular weight is 435 g/mol. The molecule has 3 heterocycles. The van der Waals surface area contributed by atoms with Crippen molar-refractivity contribution in [2.75, 3.05) is 23.8 Å². The lowest BCUT2D eigenvalue weighted by molar-refractivity contribution is 0.0698. The lowest BCUT2D eigenvalue weighted by Crippen LogP contribution is -2.38. The maximum atomic E-state index is 10.2. The fourth-order valence-corrected chi connectivity index (χ4v) is 4.20. The van der Waals surface area contributed by atoms with Gasteiger partial charge in [0.15, 0.2) is 0 Å². The molecule has 1 saturated carbocycles. The lowest BCUT2D eigenvalue weighted by atomic mass is 9.75. The van der Waals surface area contributed by atoms with Crippen LogP contribution in [0.15, 0.2) is 18.3 Å². The number of nitrogens with zero attached hydrogens (tertiary/aromatic N) is 3. The van der Waals surface area contributed by atoms with E-state index in [2.05, 4.69) is 32.7 Å². The van der Waals surface area contributed by atoms with Crippen LogP contribution in [-0.4, -0.2) is 41.4 Å². The summed E-state index contributed by atoms with van der Waals surface area (Å²) < 4.78 is 11.0. The number of hydrogen-bond acceptors (Lipinski definition) is 8. The molecule has 2 atom stereocenters. The molecule has 1 aromatic heterocycles. The van der Waals surface area contributed by atoms with Crippen LogP contribution in [0, 0.1) is 24.2 Å². The van der Waals surface area contributed by atoms with Crippen LogP contribution >= 0.6 is 0 Å². The molecule has 1 saturated heterocycles. The van der Waals surface area contributed by atoms with Crippen molar-refractivity contribution in [2.45, 2.75) is 58.6 Å². The van der Waals surface area contributed by atoms with Crippen molar-refractivity contribution in [2.24, 2.45) is 5.92 Å². The van der Waals surface area contributed by atoms with Gasteiger partial charge in [-0.05, 0) is 60.8 Å². The van der Waals surface area contributed by atoms with Gasteiger partial charge in [0.2, 0.25) is 5.95 Å². The number of aromatic nitrogens is 2. The third kappa shape index (κ3) is 4.73. The Morgan fingerprint density at radius 1 is 1.25 bits per heavy atom. The molecule has 2 aromatic rings. The largest absolute Gasteiger partial charge is 0.492 e. The van der Waals surface area contributed by atoms with Crippen molar-refractivity contribution in [1.29, 1.82) is 5.26 Å². The van der Waals surface area contributed by atoms with Crippen LogP contribution in [0.5, 0.6) is 0 Å². The summed E-state index contributed by atoms with van der Waals surface area (Å²) in [5.74, 6) is 1.57. The van der Waals surface area contributed by atoms with E-state index in [0.717, 1.165) is 47.1 Å². The average Bonchev–Trinajstić information content (AvgIpc) is 3.60. The lowest BCUT2D eigenvalue weighted by Gasteiger charge is -2.28. The predicted molar refractivity (Wildman–Crippen MR) is 124 cm³/mol. The van der Waals surface area contributed by atoms with Crippen molar-refractivity contribution in [3.05, 3.63) is 35.0 Å². The molecule has 1 aliphatic carbocycles. The summed E-state index contributed by atoms with van der Waals surface area (Å²) in [6.07, 6.45) is 4.77. The van der Waals surface area contributed by atoms with Gasteiger partial charge < -0.3 is 25.0 Å². The van der Waals surface area contributed by atoms with Crippen molar-refractivity contribution >= 4 is 30.0 Å². The van der Waals surface area contributed by atoms with E-state index in [9.17, 15) is 10.3 Å². The van der Waals surface area contributed by atoms with Gasteiger partial charge in [0.25, 0.3) is 0 Å². The minimum Gasteiger partial charge on any atom is -0.423 e. The predicted octanol–water partition coefficient (Wildman–Crippen LogP) is 2.99. The van der Waals surface area contributed by atoms with Crippen LogP contribution in [0.3, 0.4) is 0 Å². The van der Waals surface area contributed by atoms with Crippen LogP contribution < -0.4 is 16.1 Å². The second-order valence-corrected chi connectivity index (χ2v) is 8.28. The summed E-state index contributed by atoms with van der Waals surface area (Å²) in [7, 11) is -0.832. The Kier molecular flexibility index (Phi) is 6.94. The van der Waals surface area contributed by atoms with Crippen molar-refractivity contribution in [3.8, 4) is 6.07 Å². The molecule has 2 aliphatic heterocycles. The normalized spacial score (nSPS) is 21.8. The SMILES string of the molecule is CC.Cc1cnc(Nc2cc3c(c(C4CC4)c2)B(O)OC3)nc1NC1COCCC1C#N. The van der Waals surface area contributed by atoms with Gasteiger partial charge in [0.1, 0.15) is 5.82 Å². The smallest absolute Gasteiger partial charge is 0.423 e.